The lowest BCUT2D eigenvalue weighted by Crippen LogP contribution is -2.75. The molecule has 0 bridgehead atoms. The standard InChI is InChI=1S/C14H10F17NO/c1-3-6(33)32(4-2)5-7(15,16)8(17,18)9(19,20)10(21,22)11(23,24)12(25,26)13(27,28)14(29,30)31/h3H,1,4-5H2,2H3. The van der Waals surface area contributed by atoms with Crippen LogP contribution in [0.5, 0.6) is 0 Å². The van der Waals surface area contributed by atoms with Crippen molar-refractivity contribution in [1.82, 2.24) is 4.90 Å². The fourth-order valence-electron chi connectivity index (χ4n) is 2.01. The van der Waals surface area contributed by atoms with E-state index < -0.39 is 71.5 Å². The maximum absolute atomic E-state index is 13.7. The van der Waals surface area contributed by atoms with Gasteiger partial charge in [0.1, 0.15) is 0 Å². The number of rotatable bonds is 10. The van der Waals surface area contributed by atoms with Crippen molar-refractivity contribution < 1.29 is 79.4 Å². The smallest absolute Gasteiger partial charge is 0.333 e. The summed E-state index contributed by atoms with van der Waals surface area (Å²) >= 11 is 0. The van der Waals surface area contributed by atoms with Crippen LogP contribution in [0.1, 0.15) is 6.92 Å². The number of hydrogen-bond acceptors (Lipinski definition) is 1. The van der Waals surface area contributed by atoms with E-state index in [0.29, 0.717) is 0 Å². The van der Waals surface area contributed by atoms with Crippen molar-refractivity contribution in [3.63, 3.8) is 0 Å². The van der Waals surface area contributed by atoms with Crippen LogP contribution in [0.2, 0.25) is 0 Å². The highest BCUT2D eigenvalue weighted by molar-refractivity contribution is 5.87. The van der Waals surface area contributed by atoms with Gasteiger partial charge in [-0.1, -0.05) is 6.58 Å². The highest BCUT2D eigenvalue weighted by atomic mass is 19.4. The molecule has 0 N–H and O–H groups in total. The van der Waals surface area contributed by atoms with E-state index in [-0.39, 0.29) is 6.08 Å². The molecular formula is C14H10F17NO. The van der Waals surface area contributed by atoms with Gasteiger partial charge < -0.3 is 4.90 Å². The Kier molecular flexibility index (Phi) is 7.85. The first-order valence-electron chi connectivity index (χ1n) is 7.78. The van der Waals surface area contributed by atoms with Gasteiger partial charge in [0.15, 0.2) is 0 Å². The Bertz CT molecular complexity index is 738. The van der Waals surface area contributed by atoms with Crippen molar-refractivity contribution >= 4 is 5.91 Å². The minimum atomic E-state index is -8.68. The molecule has 2 nitrogen and oxygen atoms in total. The summed E-state index contributed by atoms with van der Waals surface area (Å²) in [4.78, 5) is 10.7. The zero-order valence-corrected chi connectivity index (χ0v) is 15.5. The van der Waals surface area contributed by atoms with Crippen LogP contribution in [-0.4, -0.2) is 71.5 Å². The largest absolute Gasteiger partial charge is 0.460 e. The maximum atomic E-state index is 13.7. The molecule has 0 fully saturated rings. The molecule has 196 valence electrons. The molecule has 0 rings (SSSR count). The van der Waals surface area contributed by atoms with Gasteiger partial charge in [-0.25, -0.2) is 0 Å². The van der Waals surface area contributed by atoms with Gasteiger partial charge in [-0.2, -0.15) is 74.6 Å². The zero-order chi connectivity index (χ0) is 27.3. The third kappa shape index (κ3) is 4.30. The molecule has 0 aromatic rings. The van der Waals surface area contributed by atoms with Crippen molar-refractivity contribution in [2.45, 2.75) is 54.6 Å². The minimum Gasteiger partial charge on any atom is -0.333 e. The predicted molar refractivity (Wildman–Crippen MR) is 73.1 cm³/mol. The number of hydrogen-bond donors (Lipinski definition) is 0. The Morgan fingerprint density at radius 3 is 1.21 bits per heavy atom. The van der Waals surface area contributed by atoms with Crippen molar-refractivity contribution in [1.29, 1.82) is 0 Å². The number of carbonyl (C=O) groups excluding carboxylic acids is 1. The van der Waals surface area contributed by atoms with Gasteiger partial charge in [0.2, 0.25) is 5.91 Å². The second kappa shape index (κ2) is 8.35. The van der Waals surface area contributed by atoms with E-state index in [4.69, 9.17) is 0 Å². The number of likely N-dealkylation sites (N-methyl/N-ethyl adjacent to an activating group) is 1. The number of amides is 1. The second-order valence-electron chi connectivity index (χ2n) is 6.21. The van der Waals surface area contributed by atoms with Gasteiger partial charge in [-0.15, -0.1) is 0 Å². The van der Waals surface area contributed by atoms with Crippen molar-refractivity contribution in [3.05, 3.63) is 12.7 Å². The van der Waals surface area contributed by atoms with E-state index in [1.54, 1.807) is 0 Å². The summed E-state index contributed by atoms with van der Waals surface area (Å²) in [7, 11) is 0. The highest BCUT2D eigenvalue weighted by Crippen LogP contribution is 2.63. The van der Waals surface area contributed by atoms with Crippen LogP contribution in [0, 0.1) is 0 Å². The van der Waals surface area contributed by atoms with E-state index in [9.17, 15) is 79.4 Å². The van der Waals surface area contributed by atoms with Gasteiger partial charge in [0, 0.05) is 6.54 Å². The van der Waals surface area contributed by atoms with E-state index in [1.165, 1.54) is 0 Å². The van der Waals surface area contributed by atoms with Crippen LogP contribution in [0.25, 0.3) is 0 Å². The summed E-state index contributed by atoms with van der Waals surface area (Å²) < 4.78 is 223. The van der Waals surface area contributed by atoms with Gasteiger partial charge in [-0.05, 0) is 13.0 Å². The van der Waals surface area contributed by atoms with Crippen molar-refractivity contribution in [3.8, 4) is 0 Å². The van der Waals surface area contributed by atoms with Gasteiger partial charge in [0.05, 0.1) is 6.54 Å². The quantitative estimate of drug-likeness (QED) is 0.249. The molecule has 0 spiro atoms. The number of halogens is 17. The van der Waals surface area contributed by atoms with Crippen LogP contribution in [-0.2, 0) is 4.79 Å². The fourth-order valence-corrected chi connectivity index (χ4v) is 2.01. The first-order valence-corrected chi connectivity index (χ1v) is 7.78. The molecule has 1 amide bonds. The maximum Gasteiger partial charge on any atom is 0.460 e. The Morgan fingerprint density at radius 2 is 0.939 bits per heavy atom. The monoisotopic (exact) mass is 531 g/mol. The molecular weight excluding hydrogens is 521 g/mol. The van der Waals surface area contributed by atoms with Crippen molar-refractivity contribution in [2.75, 3.05) is 13.1 Å². The van der Waals surface area contributed by atoms with E-state index in [2.05, 4.69) is 6.58 Å². The molecule has 19 heteroatoms. The van der Waals surface area contributed by atoms with Crippen LogP contribution in [0.4, 0.5) is 74.6 Å². The van der Waals surface area contributed by atoms with E-state index in [0.717, 1.165) is 6.92 Å². The normalized spacial score (nSPS) is 15.5. The van der Waals surface area contributed by atoms with Crippen LogP contribution in [0.3, 0.4) is 0 Å². The molecule has 0 aliphatic heterocycles. The third-order valence-corrected chi connectivity index (χ3v) is 4.04. The number of carbonyl (C=O) groups is 1. The summed E-state index contributed by atoms with van der Waals surface area (Å²) in [5, 5.41) is 0. The molecule has 33 heavy (non-hydrogen) atoms. The van der Waals surface area contributed by atoms with Gasteiger partial charge in [0.25, 0.3) is 0 Å². The van der Waals surface area contributed by atoms with Gasteiger partial charge in [-0.3, -0.25) is 4.79 Å². The molecule has 0 saturated heterocycles. The molecule has 0 aromatic carbocycles. The summed E-state index contributed by atoms with van der Waals surface area (Å²) in [5.74, 6) is -58.6. The molecule has 0 unspecified atom stereocenters. The molecule has 0 heterocycles. The van der Waals surface area contributed by atoms with Crippen LogP contribution in [0.15, 0.2) is 12.7 Å². The first-order chi connectivity index (χ1) is 14.2. The van der Waals surface area contributed by atoms with Crippen LogP contribution < -0.4 is 0 Å². The van der Waals surface area contributed by atoms with E-state index >= 15 is 0 Å². The van der Waals surface area contributed by atoms with Crippen LogP contribution >= 0.6 is 0 Å². The Balaban J connectivity index is 6.69. The number of alkyl halides is 17. The van der Waals surface area contributed by atoms with E-state index in [1.807, 2.05) is 0 Å². The van der Waals surface area contributed by atoms with Gasteiger partial charge >= 0.3 is 47.6 Å². The lowest BCUT2D eigenvalue weighted by molar-refractivity contribution is -0.461. The molecule has 0 saturated carbocycles. The number of nitrogens with zero attached hydrogens (tertiary/aromatic N) is 1. The molecule has 0 atom stereocenters. The zero-order valence-electron chi connectivity index (χ0n) is 15.5. The predicted octanol–water partition coefficient (Wildman–Crippen LogP) is 6.03. The SMILES string of the molecule is C=CC(=O)N(CC)CC(F)(F)C(F)(F)C(F)(F)C(F)(F)C(F)(F)C(F)(F)C(F)(F)C(F)(F)F. The Morgan fingerprint density at radius 1 is 0.636 bits per heavy atom. The minimum absolute atomic E-state index is 0.123. The highest BCUT2D eigenvalue weighted by Gasteiger charge is 2.95. The summed E-state index contributed by atoms with van der Waals surface area (Å²) in [6.45, 7) is -0.567. The third-order valence-electron chi connectivity index (χ3n) is 4.04. The summed E-state index contributed by atoms with van der Waals surface area (Å²) in [5.41, 5.74) is 0. The summed E-state index contributed by atoms with van der Waals surface area (Å²) in [6, 6.07) is 0. The lowest BCUT2D eigenvalue weighted by Gasteiger charge is -2.43. The van der Waals surface area contributed by atoms with Crippen molar-refractivity contribution in [2.24, 2.45) is 0 Å². The molecule has 0 aliphatic carbocycles. The topological polar surface area (TPSA) is 20.3 Å². The Hall–Kier alpha value is -1.98. The lowest BCUT2D eigenvalue weighted by atomic mass is 9.89. The molecule has 0 aromatic heterocycles. The second-order valence-corrected chi connectivity index (χ2v) is 6.21. The average Bonchev–Trinajstić information content (AvgIpc) is 2.63. The molecule has 0 aliphatic rings. The Labute approximate surface area is 172 Å². The average molecular weight is 531 g/mol. The molecule has 0 radical (unpaired) electrons. The summed E-state index contributed by atoms with van der Waals surface area (Å²) in [6.07, 6.45) is -7.68. The fraction of sp³-hybridized carbons (Fsp3) is 0.786. The first kappa shape index (κ1) is 31.0.